The first-order valence-corrected chi connectivity index (χ1v) is 7.73. The van der Waals surface area contributed by atoms with Crippen molar-refractivity contribution in [3.63, 3.8) is 0 Å². The van der Waals surface area contributed by atoms with E-state index in [9.17, 15) is 10.1 Å². The summed E-state index contributed by atoms with van der Waals surface area (Å²) in [6.07, 6.45) is 4.87. The molecule has 0 amide bonds. The predicted octanol–water partition coefficient (Wildman–Crippen LogP) is 3.58. The van der Waals surface area contributed by atoms with E-state index >= 15 is 0 Å². The van der Waals surface area contributed by atoms with Gasteiger partial charge in [-0.2, -0.15) is 0 Å². The van der Waals surface area contributed by atoms with Crippen molar-refractivity contribution in [2.75, 3.05) is 5.32 Å². The molecule has 0 aliphatic rings. The Morgan fingerprint density at radius 1 is 1.08 bits per heavy atom. The van der Waals surface area contributed by atoms with Crippen LogP contribution in [0.25, 0.3) is 0 Å². The maximum absolute atomic E-state index is 11.2. The Morgan fingerprint density at radius 2 is 1.83 bits per heavy atom. The minimum atomic E-state index is -0.363. The van der Waals surface area contributed by atoms with E-state index in [1.807, 2.05) is 18.2 Å². The maximum Gasteiger partial charge on any atom is 0.292 e. The molecule has 0 aliphatic carbocycles. The summed E-state index contributed by atoms with van der Waals surface area (Å²) in [7, 11) is 0. The molecule has 0 bridgehead atoms. The van der Waals surface area contributed by atoms with E-state index < -0.39 is 0 Å². The van der Waals surface area contributed by atoms with E-state index in [0.29, 0.717) is 12.1 Å². The number of hydrogen-bond donors (Lipinski definition) is 2. The van der Waals surface area contributed by atoms with Crippen molar-refractivity contribution >= 4 is 11.4 Å². The van der Waals surface area contributed by atoms with E-state index in [-0.39, 0.29) is 16.7 Å². The summed E-state index contributed by atoms with van der Waals surface area (Å²) in [6.45, 7) is 0. The van der Waals surface area contributed by atoms with E-state index in [4.69, 9.17) is 0 Å². The molecule has 0 aliphatic heterocycles. The molecule has 2 aromatic carbocycles. The highest BCUT2D eigenvalue weighted by atomic mass is 16.6. The summed E-state index contributed by atoms with van der Waals surface area (Å²) in [6, 6.07) is 16.8. The van der Waals surface area contributed by atoms with Gasteiger partial charge in [-0.05, 0) is 18.1 Å². The first kappa shape index (κ1) is 15.7. The van der Waals surface area contributed by atoms with Gasteiger partial charge in [-0.15, -0.1) is 0 Å². The first-order valence-electron chi connectivity index (χ1n) is 7.73. The summed E-state index contributed by atoms with van der Waals surface area (Å²) in [5, 5.41) is 14.6. The number of hydrogen-bond acceptors (Lipinski definition) is 4. The zero-order valence-electron chi connectivity index (χ0n) is 13.1. The van der Waals surface area contributed by atoms with E-state index in [2.05, 4.69) is 27.4 Å². The van der Waals surface area contributed by atoms with Crippen molar-refractivity contribution in [1.29, 1.82) is 0 Å². The van der Waals surface area contributed by atoms with Crippen molar-refractivity contribution in [2.24, 2.45) is 0 Å². The minimum Gasteiger partial charge on any atom is -0.376 e. The second-order valence-corrected chi connectivity index (χ2v) is 5.59. The third-order valence-electron chi connectivity index (χ3n) is 3.81. The van der Waals surface area contributed by atoms with Crippen LogP contribution in [0, 0.1) is 10.1 Å². The molecule has 122 valence electrons. The van der Waals surface area contributed by atoms with Gasteiger partial charge in [-0.3, -0.25) is 10.1 Å². The number of nitrogens with zero attached hydrogens (tertiary/aromatic N) is 2. The van der Waals surface area contributed by atoms with Crippen molar-refractivity contribution in [1.82, 2.24) is 9.97 Å². The molecular formula is C18H18N4O2. The average molecular weight is 322 g/mol. The number of nitro groups is 1. The van der Waals surface area contributed by atoms with Gasteiger partial charge in [0.05, 0.1) is 11.3 Å². The standard InChI is InChI=1S/C18H18N4O2/c23-22(24)18-9-5-4-8-17(18)21-15(11-16-12-19-13-20-16)10-14-6-2-1-3-7-14/h1-9,12-13,15,21H,10-11H2,(H,19,20)/t15-/m0/s1. The van der Waals surface area contributed by atoms with Crippen molar-refractivity contribution in [3.05, 3.63) is 88.5 Å². The molecule has 6 nitrogen and oxygen atoms in total. The fraction of sp³-hybridized carbons (Fsp3) is 0.167. The van der Waals surface area contributed by atoms with Gasteiger partial charge in [0, 0.05) is 30.4 Å². The van der Waals surface area contributed by atoms with Crippen LogP contribution >= 0.6 is 0 Å². The molecule has 3 aromatic rings. The number of benzene rings is 2. The Morgan fingerprint density at radius 3 is 2.54 bits per heavy atom. The maximum atomic E-state index is 11.2. The highest BCUT2D eigenvalue weighted by Crippen LogP contribution is 2.25. The van der Waals surface area contributed by atoms with E-state index in [1.54, 1.807) is 30.7 Å². The van der Waals surface area contributed by atoms with Gasteiger partial charge in [0.1, 0.15) is 5.69 Å². The fourth-order valence-corrected chi connectivity index (χ4v) is 2.71. The second-order valence-electron chi connectivity index (χ2n) is 5.59. The number of rotatable bonds is 7. The molecular weight excluding hydrogens is 304 g/mol. The molecule has 3 rings (SSSR count). The molecule has 1 aromatic heterocycles. The first-order chi connectivity index (χ1) is 11.7. The van der Waals surface area contributed by atoms with E-state index in [0.717, 1.165) is 12.1 Å². The number of nitrogens with one attached hydrogen (secondary N) is 2. The smallest absolute Gasteiger partial charge is 0.292 e. The van der Waals surface area contributed by atoms with Crippen LogP contribution in [-0.4, -0.2) is 20.9 Å². The van der Waals surface area contributed by atoms with Crippen LogP contribution in [0.3, 0.4) is 0 Å². The number of imidazole rings is 1. The summed E-state index contributed by atoms with van der Waals surface area (Å²) in [5.74, 6) is 0. The van der Waals surface area contributed by atoms with Crippen molar-refractivity contribution in [2.45, 2.75) is 18.9 Å². The Labute approximate surface area is 139 Å². The zero-order valence-corrected chi connectivity index (χ0v) is 13.1. The molecule has 0 radical (unpaired) electrons. The van der Waals surface area contributed by atoms with Crippen molar-refractivity contribution in [3.8, 4) is 0 Å². The molecule has 0 saturated heterocycles. The van der Waals surface area contributed by atoms with E-state index in [1.165, 1.54) is 11.6 Å². The van der Waals surface area contributed by atoms with Gasteiger partial charge in [0.15, 0.2) is 0 Å². The molecule has 6 heteroatoms. The highest BCUT2D eigenvalue weighted by Gasteiger charge is 2.17. The number of anilines is 1. The fourth-order valence-electron chi connectivity index (χ4n) is 2.71. The highest BCUT2D eigenvalue weighted by molar-refractivity contribution is 5.61. The third kappa shape index (κ3) is 3.98. The lowest BCUT2D eigenvalue weighted by molar-refractivity contribution is -0.384. The average Bonchev–Trinajstić information content (AvgIpc) is 3.09. The van der Waals surface area contributed by atoms with Crippen LogP contribution in [0.2, 0.25) is 0 Å². The number of aromatic amines is 1. The largest absolute Gasteiger partial charge is 0.376 e. The quantitative estimate of drug-likeness (QED) is 0.514. The Bertz CT molecular complexity index is 788. The van der Waals surface area contributed by atoms with Gasteiger partial charge < -0.3 is 10.3 Å². The monoisotopic (exact) mass is 322 g/mol. The van der Waals surface area contributed by atoms with Crippen LogP contribution in [-0.2, 0) is 12.8 Å². The number of aromatic nitrogens is 2. The molecule has 0 saturated carbocycles. The van der Waals surface area contributed by atoms with Gasteiger partial charge in [0.2, 0.25) is 0 Å². The summed E-state index contributed by atoms with van der Waals surface area (Å²) < 4.78 is 0. The van der Waals surface area contributed by atoms with Crippen molar-refractivity contribution < 1.29 is 4.92 Å². The van der Waals surface area contributed by atoms with Crippen LogP contribution in [0.1, 0.15) is 11.3 Å². The Balaban J connectivity index is 1.83. The third-order valence-corrected chi connectivity index (χ3v) is 3.81. The predicted molar refractivity (Wildman–Crippen MR) is 92.9 cm³/mol. The number of H-pyrrole nitrogens is 1. The lowest BCUT2D eigenvalue weighted by Gasteiger charge is -2.19. The van der Waals surface area contributed by atoms with Gasteiger partial charge in [-0.1, -0.05) is 42.5 Å². The van der Waals surface area contributed by atoms with Crippen LogP contribution in [0.4, 0.5) is 11.4 Å². The molecule has 24 heavy (non-hydrogen) atoms. The second kappa shape index (κ2) is 7.41. The molecule has 1 heterocycles. The molecule has 1 atom stereocenters. The van der Waals surface area contributed by atoms with Crippen LogP contribution < -0.4 is 5.32 Å². The molecule has 0 fully saturated rings. The normalized spacial score (nSPS) is 11.8. The molecule has 2 N–H and O–H groups in total. The van der Waals surface area contributed by atoms with Crippen LogP contribution in [0.5, 0.6) is 0 Å². The topological polar surface area (TPSA) is 83.8 Å². The van der Waals surface area contributed by atoms with Gasteiger partial charge in [0.25, 0.3) is 5.69 Å². The summed E-state index contributed by atoms with van der Waals surface area (Å²) in [5.41, 5.74) is 2.78. The summed E-state index contributed by atoms with van der Waals surface area (Å²) in [4.78, 5) is 18.0. The lowest BCUT2D eigenvalue weighted by atomic mass is 10.0. The Hall–Kier alpha value is -3.15. The van der Waals surface area contributed by atoms with Gasteiger partial charge >= 0.3 is 0 Å². The number of para-hydroxylation sites is 2. The van der Waals surface area contributed by atoms with Crippen LogP contribution in [0.15, 0.2) is 67.1 Å². The van der Waals surface area contributed by atoms with Gasteiger partial charge in [-0.25, -0.2) is 4.98 Å². The molecule has 0 unspecified atom stereocenters. The minimum absolute atomic E-state index is 0.00829. The number of nitro benzene ring substituents is 1. The Kier molecular flexibility index (Phi) is 4.86. The molecule has 0 spiro atoms. The zero-order chi connectivity index (χ0) is 16.8. The SMILES string of the molecule is O=[N+]([O-])c1ccccc1N[C@@H](Cc1ccccc1)Cc1cnc[nH]1. The lowest BCUT2D eigenvalue weighted by Crippen LogP contribution is -2.25. The summed E-state index contributed by atoms with van der Waals surface area (Å²) >= 11 is 0.